The number of nitrogens with one attached hydrogen (secondary N) is 2. The van der Waals surface area contributed by atoms with E-state index in [-0.39, 0.29) is 0 Å². The van der Waals surface area contributed by atoms with Gasteiger partial charge >= 0.3 is 0 Å². The first-order valence-corrected chi connectivity index (χ1v) is 8.58. The number of halogens is 2. The van der Waals surface area contributed by atoms with Gasteiger partial charge in [-0.1, -0.05) is 33.6 Å². The highest BCUT2D eigenvalue weighted by Crippen LogP contribution is 2.32. The van der Waals surface area contributed by atoms with E-state index in [1.165, 1.54) is 0 Å². The minimum absolute atomic E-state index is 0.683. The van der Waals surface area contributed by atoms with Gasteiger partial charge in [0, 0.05) is 16.1 Å². The zero-order chi connectivity index (χ0) is 15.0. The quantitative estimate of drug-likeness (QED) is 0.655. The van der Waals surface area contributed by atoms with E-state index in [0.29, 0.717) is 9.92 Å². The van der Waals surface area contributed by atoms with Gasteiger partial charge in [-0.2, -0.15) is 0 Å². The van der Waals surface area contributed by atoms with Gasteiger partial charge < -0.3 is 4.98 Å². The van der Waals surface area contributed by atoms with Gasteiger partial charge in [0.05, 0.1) is 21.1 Å². The van der Waals surface area contributed by atoms with Gasteiger partial charge in [-0.15, -0.1) is 0 Å². The molecule has 1 atom stereocenters. The lowest BCUT2D eigenvalue weighted by atomic mass is 10.2. The van der Waals surface area contributed by atoms with Crippen LogP contribution in [0, 0.1) is 6.92 Å². The van der Waals surface area contributed by atoms with E-state index in [1.54, 1.807) is 0 Å². The molecule has 1 unspecified atom stereocenters. The summed E-state index contributed by atoms with van der Waals surface area (Å²) in [5.41, 5.74) is 2.69. The molecule has 3 aromatic rings. The van der Waals surface area contributed by atoms with Crippen molar-refractivity contribution in [2.75, 3.05) is 4.72 Å². The van der Waals surface area contributed by atoms with Crippen LogP contribution >= 0.6 is 27.5 Å². The smallest absolute Gasteiger partial charge is 0.150 e. The molecule has 6 heteroatoms. The van der Waals surface area contributed by atoms with Crippen molar-refractivity contribution in [3.63, 3.8) is 0 Å². The molecule has 0 spiro atoms. The standard InChI is InChI=1S/C15H12BrClN2OS/c1-9-8-18-15-13(6-5-12(17)14(9)15)19-21(20)11-4-2-3-10(16)7-11/h2-8,18-19H,1H3. The van der Waals surface area contributed by atoms with Crippen molar-refractivity contribution in [1.82, 2.24) is 4.98 Å². The lowest BCUT2D eigenvalue weighted by Crippen LogP contribution is -2.05. The molecule has 1 heterocycles. The zero-order valence-electron chi connectivity index (χ0n) is 11.1. The molecule has 108 valence electrons. The number of benzene rings is 2. The minimum atomic E-state index is -1.34. The Balaban J connectivity index is 1.99. The third kappa shape index (κ3) is 2.86. The summed E-state index contributed by atoms with van der Waals surface area (Å²) in [6.07, 6.45) is 1.89. The van der Waals surface area contributed by atoms with Crippen molar-refractivity contribution in [3.05, 3.63) is 57.7 Å². The van der Waals surface area contributed by atoms with Crippen molar-refractivity contribution in [2.24, 2.45) is 0 Å². The SMILES string of the molecule is Cc1c[nH]c2c(NS(=O)c3cccc(Br)c3)ccc(Cl)c12. The fraction of sp³-hybridized carbons (Fsp3) is 0.0667. The highest BCUT2D eigenvalue weighted by Gasteiger charge is 2.11. The number of aromatic nitrogens is 1. The summed E-state index contributed by atoms with van der Waals surface area (Å²) in [4.78, 5) is 3.88. The van der Waals surface area contributed by atoms with E-state index >= 15 is 0 Å². The van der Waals surface area contributed by atoms with Crippen LogP contribution in [0.25, 0.3) is 10.9 Å². The van der Waals surface area contributed by atoms with Crippen molar-refractivity contribution in [1.29, 1.82) is 0 Å². The first kappa shape index (κ1) is 14.6. The molecule has 0 aliphatic carbocycles. The Morgan fingerprint density at radius 3 is 2.86 bits per heavy atom. The lowest BCUT2D eigenvalue weighted by molar-refractivity contribution is 0.686. The fourth-order valence-corrected chi connectivity index (χ4v) is 3.97. The predicted octanol–water partition coefficient (Wildman–Crippen LogP) is 5.03. The lowest BCUT2D eigenvalue weighted by Gasteiger charge is -2.09. The number of H-pyrrole nitrogens is 1. The Hall–Kier alpha value is -1.30. The van der Waals surface area contributed by atoms with Crippen molar-refractivity contribution in [2.45, 2.75) is 11.8 Å². The third-order valence-electron chi connectivity index (χ3n) is 3.19. The Morgan fingerprint density at radius 2 is 2.10 bits per heavy atom. The molecular weight excluding hydrogens is 372 g/mol. The average Bonchev–Trinajstić information content (AvgIpc) is 2.85. The molecule has 3 rings (SSSR count). The summed E-state index contributed by atoms with van der Waals surface area (Å²) in [6, 6.07) is 11.0. The Kier molecular flexibility index (Phi) is 4.06. The van der Waals surface area contributed by atoms with Crippen molar-refractivity contribution < 1.29 is 4.21 Å². The van der Waals surface area contributed by atoms with E-state index < -0.39 is 11.0 Å². The Bertz CT molecular complexity index is 847. The zero-order valence-corrected chi connectivity index (χ0v) is 14.3. The number of hydrogen-bond donors (Lipinski definition) is 2. The van der Waals surface area contributed by atoms with Crippen LogP contribution in [-0.2, 0) is 11.0 Å². The molecule has 0 aliphatic heterocycles. The van der Waals surface area contributed by atoms with E-state index in [9.17, 15) is 4.21 Å². The Morgan fingerprint density at radius 1 is 1.29 bits per heavy atom. The topological polar surface area (TPSA) is 44.9 Å². The summed E-state index contributed by atoms with van der Waals surface area (Å²) < 4.78 is 16.4. The maximum absolute atomic E-state index is 12.4. The second kappa shape index (κ2) is 5.83. The summed E-state index contributed by atoms with van der Waals surface area (Å²) in [6.45, 7) is 1.99. The van der Waals surface area contributed by atoms with E-state index in [1.807, 2.05) is 49.5 Å². The first-order valence-electron chi connectivity index (χ1n) is 6.26. The number of aryl methyl sites for hydroxylation is 1. The van der Waals surface area contributed by atoms with Gasteiger partial charge in [0.2, 0.25) is 0 Å². The maximum Gasteiger partial charge on any atom is 0.150 e. The second-order valence-electron chi connectivity index (χ2n) is 4.64. The molecule has 2 N–H and O–H groups in total. The second-order valence-corrected chi connectivity index (χ2v) is 7.18. The molecule has 0 fully saturated rings. The van der Waals surface area contributed by atoms with Gasteiger partial charge in [0.1, 0.15) is 11.0 Å². The molecule has 1 aromatic heterocycles. The van der Waals surface area contributed by atoms with Gasteiger partial charge in [0.25, 0.3) is 0 Å². The molecule has 0 saturated carbocycles. The van der Waals surface area contributed by atoms with Gasteiger partial charge in [-0.05, 0) is 42.8 Å². The normalized spacial score (nSPS) is 12.5. The first-order chi connectivity index (χ1) is 10.1. The molecule has 21 heavy (non-hydrogen) atoms. The molecule has 2 aromatic carbocycles. The number of fused-ring (bicyclic) bond motifs is 1. The Labute approximate surface area is 138 Å². The van der Waals surface area contributed by atoms with E-state index in [2.05, 4.69) is 25.6 Å². The van der Waals surface area contributed by atoms with Crippen molar-refractivity contribution in [3.8, 4) is 0 Å². The predicted molar refractivity (Wildman–Crippen MR) is 92.2 cm³/mol. The summed E-state index contributed by atoms with van der Waals surface area (Å²) in [5, 5.41) is 1.63. The van der Waals surface area contributed by atoms with Crippen LogP contribution in [0.1, 0.15) is 5.56 Å². The average molecular weight is 384 g/mol. The van der Waals surface area contributed by atoms with Crippen LogP contribution in [0.15, 0.2) is 52.0 Å². The molecule has 0 amide bonds. The van der Waals surface area contributed by atoms with Crippen LogP contribution in [0.2, 0.25) is 5.02 Å². The van der Waals surface area contributed by atoms with Crippen LogP contribution in [0.4, 0.5) is 5.69 Å². The number of rotatable bonds is 3. The van der Waals surface area contributed by atoms with Crippen molar-refractivity contribution >= 4 is 55.1 Å². The monoisotopic (exact) mass is 382 g/mol. The van der Waals surface area contributed by atoms with Crippen LogP contribution in [-0.4, -0.2) is 9.19 Å². The number of aromatic amines is 1. The van der Waals surface area contributed by atoms with Crippen LogP contribution < -0.4 is 4.72 Å². The molecule has 0 aliphatic rings. The largest absolute Gasteiger partial charge is 0.359 e. The van der Waals surface area contributed by atoms with Gasteiger partial charge in [-0.3, -0.25) is 4.72 Å². The van der Waals surface area contributed by atoms with Gasteiger partial charge in [-0.25, -0.2) is 4.21 Å². The van der Waals surface area contributed by atoms with E-state index in [0.717, 1.165) is 26.6 Å². The minimum Gasteiger partial charge on any atom is -0.359 e. The number of hydrogen-bond acceptors (Lipinski definition) is 1. The summed E-state index contributed by atoms with van der Waals surface area (Å²) in [7, 11) is -1.34. The van der Waals surface area contributed by atoms with Gasteiger partial charge in [0.15, 0.2) is 0 Å². The molecular formula is C15H12BrClN2OS. The van der Waals surface area contributed by atoms with Crippen LogP contribution in [0.3, 0.4) is 0 Å². The molecule has 0 saturated heterocycles. The summed E-state index contributed by atoms with van der Waals surface area (Å²) in [5.74, 6) is 0. The molecule has 0 bridgehead atoms. The molecule has 0 radical (unpaired) electrons. The maximum atomic E-state index is 12.4. The highest BCUT2D eigenvalue weighted by atomic mass is 79.9. The molecule has 3 nitrogen and oxygen atoms in total. The third-order valence-corrected chi connectivity index (χ3v) is 5.09. The summed E-state index contributed by atoms with van der Waals surface area (Å²) >= 11 is 9.60. The van der Waals surface area contributed by atoms with Crippen LogP contribution in [0.5, 0.6) is 0 Å². The van der Waals surface area contributed by atoms with E-state index in [4.69, 9.17) is 11.6 Å². The number of anilines is 1. The fourth-order valence-electron chi connectivity index (χ4n) is 2.19. The highest BCUT2D eigenvalue weighted by molar-refractivity contribution is 9.10.